The third kappa shape index (κ3) is 2.01. The molecule has 1 aromatic carbocycles. The minimum atomic E-state index is -1.46. The number of amides is 4. The van der Waals surface area contributed by atoms with Gasteiger partial charge in [0.1, 0.15) is 0 Å². The third-order valence-electron chi connectivity index (χ3n) is 5.48. The molecule has 27 heavy (non-hydrogen) atoms. The minimum Gasteiger partial charge on any atom is -0.269 e. The van der Waals surface area contributed by atoms with Crippen molar-refractivity contribution < 1.29 is 19.2 Å². The first kappa shape index (κ1) is 15.7. The number of fused-ring (bicyclic) bond motifs is 2. The molecule has 0 saturated heterocycles. The highest BCUT2D eigenvalue weighted by atomic mass is 16.2. The van der Waals surface area contributed by atoms with Crippen LogP contribution < -0.4 is 0 Å². The monoisotopic (exact) mass is 358 g/mol. The molecular formula is C21H14N2O4. The van der Waals surface area contributed by atoms with Gasteiger partial charge in [-0.15, -0.1) is 0 Å². The quantitative estimate of drug-likeness (QED) is 0.751. The molecule has 0 bridgehead atoms. The van der Waals surface area contributed by atoms with Crippen molar-refractivity contribution in [2.45, 2.75) is 18.5 Å². The van der Waals surface area contributed by atoms with Crippen LogP contribution in [0.25, 0.3) is 5.57 Å². The van der Waals surface area contributed by atoms with E-state index in [0.29, 0.717) is 6.42 Å². The van der Waals surface area contributed by atoms with E-state index in [0.717, 1.165) is 32.1 Å². The van der Waals surface area contributed by atoms with E-state index in [-0.39, 0.29) is 6.42 Å². The van der Waals surface area contributed by atoms with Crippen LogP contribution in [-0.4, -0.2) is 39.1 Å². The van der Waals surface area contributed by atoms with E-state index < -0.39 is 29.3 Å². The lowest BCUT2D eigenvalue weighted by molar-refractivity contribution is -0.159. The van der Waals surface area contributed by atoms with Gasteiger partial charge in [0.25, 0.3) is 23.6 Å². The molecule has 2 aliphatic heterocycles. The van der Waals surface area contributed by atoms with Crippen LogP contribution in [0, 0.1) is 0 Å². The van der Waals surface area contributed by atoms with Crippen molar-refractivity contribution in [3.63, 3.8) is 0 Å². The second-order valence-electron chi connectivity index (χ2n) is 6.93. The van der Waals surface area contributed by atoms with Crippen LogP contribution in [0.5, 0.6) is 0 Å². The zero-order valence-electron chi connectivity index (χ0n) is 14.2. The standard InChI is InChI=1S/C21H14N2O4/c24-17-5-6-18(25)22(17)21(23-19(26)7-8-20(23)27)10-9-16-14(12-21)11-13-3-1-2-4-15(13)16/h1-10H,11-12H2. The van der Waals surface area contributed by atoms with Gasteiger partial charge >= 0.3 is 0 Å². The fourth-order valence-electron chi connectivity index (χ4n) is 4.38. The van der Waals surface area contributed by atoms with Crippen LogP contribution in [0.1, 0.15) is 17.5 Å². The lowest BCUT2D eigenvalue weighted by Gasteiger charge is -2.45. The Morgan fingerprint density at radius 3 is 1.89 bits per heavy atom. The highest BCUT2D eigenvalue weighted by Gasteiger charge is 2.53. The average Bonchev–Trinajstić information content (AvgIpc) is 3.29. The Kier molecular flexibility index (Phi) is 3.04. The first-order valence-corrected chi connectivity index (χ1v) is 8.63. The molecule has 0 spiro atoms. The van der Waals surface area contributed by atoms with E-state index in [2.05, 4.69) is 0 Å². The number of allylic oxidation sites excluding steroid dienone is 2. The lowest BCUT2D eigenvalue weighted by atomic mass is 9.87. The minimum absolute atomic E-state index is 0.214. The summed E-state index contributed by atoms with van der Waals surface area (Å²) in [5, 5.41) is 0. The number of imide groups is 2. The second-order valence-corrected chi connectivity index (χ2v) is 6.93. The number of hydrogen-bond acceptors (Lipinski definition) is 4. The van der Waals surface area contributed by atoms with Crippen LogP contribution in [-0.2, 0) is 25.6 Å². The first-order valence-electron chi connectivity index (χ1n) is 8.63. The zero-order chi connectivity index (χ0) is 18.8. The van der Waals surface area contributed by atoms with Gasteiger partial charge in [-0.2, -0.15) is 0 Å². The summed E-state index contributed by atoms with van der Waals surface area (Å²) in [6.45, 7) is 0. The van der Waals surface area contributed by atoms with E-state index >= 15 is 0 Å². The Hall–Kier alpha value is -3.54. The van der Waals surface area contributed by atoms with Crippen LogP contribution >= 0.6 is 0 Å². The number of nitrogens with zero attached hydrogens (tertiary/aromatic N) is 2. The van der Waals surface area contributed by atoms with Crippen molar-refractivity contribution >= 4 is 29.2 Å². The molecule has 0 fully saturated rings. The molecule has 2 heterocycles. The maximum atomic E-state index is 12.5. The number of carbonyl (C=O) groups is 4. The van der Waals surface area contributed by atoms with Gasteiger partial charge in [-0.1, -0.05) is 35.9 Å². The molecule has 6 heteroatoms. The summed E-state index contributed by atoms with van der Waals surface area (Å²) in [6.07, 6.45) is 9.01. The molecule has 0 N–H and O–H groups in total. The fourth-order valence-corrected chi connectivity index (χ4v) is 4.38. The zero-order valence-corrected chi connectivity index (χ0v) is 14.2. The van der Waals surface area contributed by atoms with E-state index in [9.17, 15) is 19.2 Å². The van der Waals surface area contributed by atoms with Gasteiger partial charge in [-0.3, -0.25) is 19.2 Å². The van der Waals surface area contributed by atoms with Crippen LogP contribution in [0.4, 0.5) is 0 Å². The molecule has 0 aromatic heterocycles. The Morgan fingerprint density at radius 2 is 1.30 bits per heavy atom. The lowest BCUT2D eigenvalue weighted by Crippen LogP contribution is -2.64. The first-order chi connectivity index (χ1) is 13.0. The van der Waals surface area contributed by atoms with E-state index in [1.165, 1.54) is 24.3 Å². The Bertz CT molecular complexity index is 995. The molecular weight excluding hydrogens is 344 g/mol. The summed E-state index contributed by atoms with van der Waals surface area (Å²) >= 11 is 0. The van der Waals surface area contributed by atoms with Gasteiger partial charge < -0.3 is 0 Å². The largest absolute Gasteiger partial charge is 0.269 e. The molecule has 0 unspecified atom stereocenters. The van der Waals surface area contributed by atoms with Gasteiger partial charge in [0.15, 0.2) is 5.66 Å². The van der Waals surface area contributed by atoms with Gasteiger partial charge in [0, 0.05) is 30.7 Å². The number of hydrogen-bond donors (Lipinski definition) is 0. The van der Waals surface area contributed by atoms with Gasteiger partial charge in [-0.25, -0.2) is 9.80 Å². The summed E-state index contributed by atoms with van der Waals surface area (Å²) in [7, 11) is 0. The Balaban J connectivity index is 1.64. The van der Waals surface area contributed by atoms with Crippen LogP contribution in [0.2, 0.25) is 0 Å². The maximum absolute atomic E-state index is 12.5. The van der Waals surface area contributed by atoms with Crippen molar-refractivity contribution in [3.05, 3.63) is 77.4 Å². The molecule has 6 nitrogen and oxygen atoms in total. The molecule has 132 valence electrons. The summed E-state index contributed by atoms with van der Waals surface area (Å²) in [6, 6.07) is 7.98. The van der Waals surface area contributed by atoms with Gasteiger partial charge in [-0.05, 0) is 29.2 Å². The molecule has 0 atom stereocenters. The predicted molar refractivity (Wildman–Crippen MR) is 95.5 cm³/mol. The normalized spacial score (nSPS) is 22.4. The van der Waals surface area contributed by atoms with Crippen molar-refractivity contribution in [1.82, 2.24) is 9.80 Å². The number of rotatable bonds is 2. The predicted octanol–water partition coefficient (Wildman–Crippen LogP) is 1.50. The molecule has 0 saturated carbocycles. The summed E-state index contributed by atoms with van der Waals surface area (Å²) in [5.74, 6) is -2.12. The average molecular weight is 358 g/mol. The highest BCUT2D eigenvalue weighted by molar-refractivity contribution is 6.17. The summed E-state index contributed by atoms with van der Waals surface area (Å²) in [4.78, 5) is 51.9. The van der Waals surface area contributed by atoms with E-state index in [1.807, 2.05) is 30.3 Å². The van der Waals surface area contributed by atoms with Gasteiger partial charge in [0.05, 0.1) is 0 Å². The second kappa shape index (κ2) is 5.23. The SMILES string of the molecule is O=C1C=CC(=O)N1C1(N2C(=O)C=CC2=O)C=CC2=C(Cc3ccccc32)C1. The van der Waals surface area contributed by atoms with Crippen LogP contribution in [0.15, 0.2) is 66.3 Å². The molecule has 2 aliphatic carbocycles. The summed E-state index contributed by atoms with van der Waals surface area (Å²) < 4.78 is 0. The maximum Gasteiger partial charge on any atom is 0.255 e. The smallest absolute Gasteiger partial charge is 0.255 e. The van der Waals surface area contributed by atoms with Crippen molar-refractivity contribution in [2.75, 3.05) is 0 Å². The molecule has 0 radical (unpaired) electrons. The highest BCUT2D eigenvalue weighted by Crippen LogP contribution is 2.45. The molecule has 4 aliphatic rings. The van der Waals surface area contributed by atoms with Gasteiger partial charge in [0.2, 0.25) is 0 Å². The topological polar surface area (TPSA) is 74.8 Å². The Morgan fingerprint density at radius 1 is 0.741 bits per heavy atom. The van der Waals surface area contributed by atoms with Crippen molar-refractivity contribution in [3.8, 4) is 0 Å². The van der Waals surface area contributed by atoms with Crippen LogP contribution in [0.3, 0.4) is 0 Å². The number of carbonyl (C=O) groups excluding carboxylic acids is 4. The molecule has 1 aromatic rings. The third-order valence-corrected chi connectivity index (χ3v) is 5.48. The Labute approximate surface area is 154 Å². The van der Waals surface area contributed by atoms with E-state index in [4.69, 9.17) is 0 Å². The molecule has 5 rings (SSSR count). The summed E-state index contributed by atoms with van der Waals surface area (Å²) in [5.41, 5.74) is 2.82. The van der Waals surface area contributed by atoms with Crippen molar-refractivity contribution in [1.29, 1.82) is 0 Å². The number of benzene rings is 1. The van der Waals surface area contributed by atoms with E-state index in [1.54, 1.807) is 6.08 Å². The van der Waals surface area contributed by atoms with Crippen molar-refractivity contribution in [2.24, 2.45) is 0 Å². The fraction of sp³-hybridized carbons (Fsp3) is 0.143. The molecule has 4 amide bonds.